The first-order chi connectivity index (χ1) is 14.5. The van der Waals surface area contributed by atoms with Gasteiger partial charge in [-0.15, -0.1) is 0 Å². The molecule has 7 heteroatoms. The van der Waals surface area contributed by atoms with Crippen LogP contribution in [0.1, 0.15) is 28.7 Å². The van der Waals surface area contributed by atoms with Gasteiger partial charge in [-0.2, -0.15) is 0 Å². The molecule has 0 saturated carbocycles. The minimum absolute atomic E-state index is 0.0286. The molecule has 0 amide bonds. The van der Waals surface area contributed by atoms with Crippen LogP contribution in [0.4, 0.5) is 0 Å². The van der Waals surface area contributed by atoms with Crippen LogP contribution in [-0.2, 0) is 13.0 Å². The van der Waals surface area contributed by atoms with Gasteiger partial charge in [0.05, 0.1) is 7.11 Å². The average Bonchev–Trinajstić information content (AvgIpc) is 3.13. The van der Waals surface area contributed by atoms with Gasteiger partial charge < -0.3 is 20.0 Å². The zero-order chi connectivity index (χ0) is 21.1. The Morgan fingerprint density at radius 1 is 1.17 bits per heavy atom. The van der Waals surface area contributed by atoms with Crippen molar-refractivity contribution in [1.29, 1.82) is 0 Å². The third-order valence-electron chi connectivity index (χ3n) is 5.11. The van der Waals surface area contributed by atoms with E-state index in [0.717, 1.165) is 33.5 Å². The van der Waals surface area contributed by atoms with Gasteiger partial charge in [-0.05, 0) is 42.3 Å². The Morgan fingerprint density at radius 2 is 1.97 bits per heavy atom. The number of rotatable bonds is 7. The Bertz CT molecular complexity index is 1210. The number of hydrogen-bond donors (Lipinski definition) is 3. The predicted octanol–water partition coefficient (Wildman–Crippen LogP) is 4.30. The molecule has 1 atom stereocenters. The van der Waals surface area contributed by atoms with E-state index in [0.29, 0.717) is 23.8 Å². The van der Waals surface area contributed by atoms with Crippen molar-refractivity contribution >= 4 is 22.5 Å². The molecule has 6 nitrogen and oxygen atoms in total. The number of nitrogens with one attached hydrogen (secondary N) is 3. The first kappa shape index (κ1) is 20.2. The number of nitrogens with zero attached hydrogens (tertiary/aromatic N) is 1. The monoisotopic (exact) mass is 422 g/mol. The molecule has 4 aromatic rings. The van der Waals surface area contributed by atoms with Gasteiger partial charge in [-0.25, -0.2) is 4.98 Å². The Hall–Kier alpha value is -3.09. The van der Waals surface area contributed by atoms with E-state index in [1.807, 2.05) is 42.6 Å². The van der Waals surface area contributed by atoms with Gasteiger partial charge in [0.25, 0.3) is 5.56 Å². The van der Waals surface area contributed by atoms with Gasteiger partial charge in [-0.3, -0.25) is 4.79 Å². The average molecular weight is 423 g/mol. The smallest absolute Gasteiger partial charge is 0.251 e. The van der Waals surface area contributed by atoms with Crippen LogP contribution in [0.3, 0.4) is 0 Å². The van der Waals surface area contributed by atoms with E-state index in [9.17, 15) is 4.79 Å². The molecule has 2 aromatic carbocycles. The number of methoxy groups -OCH3 is 1. The summed E-state index contributed by atoms with van der Waals surface area (Å²) in [5.74, 6) is 1.43. The number of hydrogen-bond acceptors (Lipinski definition) is 4. The molecule has 3 N–H and O–H groups in total. The summed E-state index contributed by atoms with van der Waals surface area (Å²) in [7, 11) is 1.66. The zero-order valence-corrected chi connectivity index (χ0v) is 17.6. The van der Waals surface area contributed by atoms with E-state index in [1.165, 1.54) is 0 Å². The molecule has 1 unspecified atom stereocenters. The summed E-state index contributed by atoms with van der Waals surface area (Å²) in [6.07, 6.45) is 2.59. The molecule has 2 aromatic heterocycles. The van der Waals surface area contributed by atoms with Crippen LogP contribution in [0.5, 0.6) is 5.75 Å². The maximum Gasteiger partial charge on any atom is 0.251 e. The van der Waals surface area contributed by atoms with Crippen molar-refractivity contribution in [2.75, 3.05) is 7.11 Å². The maximum atomic E-state index is 11.9. The molecule has 0 aliphatic heterocycles. The van der Waals surface area contributed by atoms with Crippen molar-refractivity contribution in [1.82, 2.24) is 20.3 Å². The Labute approximate surface area is 179 Å². The van der Waals surface area contributed by atoms with Crippen LogP contribution in [0, 0.1) is 6.92 Å². The molecule has 0 saturated heterocycles. The molecular formula is C23H23ClN4O2. The number of aryl methyl sites for hydroxylation is 1. The summed E-state index contributed by atoms with van der Waals surface area (Å²) in [5.41, 5.74) is 3.87. The van der Waals surface area contributed by atoms with E-state index in [4.69, 9.17) is 16.3 Å². The fourth-order valence-electron chi connectivity index (χ4n) is 3.63. The number of H-pyrrole nitrogens is 2. The third kappa shape index (κ3) is 4.56. The van der Waals surface area contributed by atoms with E-state index in [-0.39, 0.29) is 11.6 Å². The molecule has 0 fully saturated rings. The van der Waals surface area contributed by atoms with Crippen molar-refractivity contribution in [2.24, 2.45) is 0 Å². The molecule has 154 valence electrons. The van der Waals surface area contributed by atoms with Gasteiger partial charge in [0.15, 0.2) is 0 Å². The second-order valence-corrected chi connectivity index (χ2v) is 7.67. The summed E-state index contributed by atoms with van der Waals surface area (Å²) in [6.45, 7) is 2.44. The lowest BCUT2D eigenvalue weighted by Crippen LogP contribution is -2.24. The standard InChI is InChI=1S/C23H23ClN4O2/c1-14-27-18(10-23(29)28-14)9-21(15-3-5-17(24)6-4-15)25-12-16-13-26-22-11-19(30-2)7-8-20(16)22/h3-8,10-11,13,21,25-26H,9,12H2,1-2H3,(H,27,28,29). The first-order valence-corrected chi connectivity index (χ1v) is 10.1. The van der Waals surface area contributed by atoms with Gasteiger partial charge in [-0.1, -0.05) is 23.7 Å². The van der Waals surface area contributed by atoms with Crippen molar-refractivity contribution in [3.05, 3.63) is 92.7 Å². The largest absolute Gasteiger partial charge is 0.497 e. The highest BCUT2D eigenvalue weighted by Gasteiger charge is 2.15. The number of aromatic nitrogens is 3. The van der Waals surface area contributed by atoms with Crippen LogP contribution in [-0.4, -0.2) is 22.1 Å². The highest BCUT2D eigenvalue weighted by Crippen LogP contribution is 2.25. The van der Waals surface area contributed by atoms with Crippen molar-refractivity contribution < 1.29 is 4.74 Å². The number of halogens is 1. The van der Waals surface area contributed by atoms with Gasteiger partial charge in [0.2, 0.25) is 0 Å². The first-order valence-electron chi connectivity index (χ1n) is 9.71. The highest BCUT2D eigenvalue weighted by molar-refractivity contribution is 6.30. The Kier molecular flexibility index (Phi) is 5.88. The Balaban J connectivity index is 1.59. The van der Waals surface area contributed by atoms with E-state index < -0.39 is 0 Å². The van der Waals surface area contributed by atoms with Crippen molar-refractivity contribution in [3.8, 4) is 5.75 Å². The summed E-state index contributed by atoms with van der Waals surface area (Å²) in [4.78, 5) is 22.4. The fraction of sp³-hybridized carbons (Fsp3) is 0.217. The van der Waals surface area contributed by atoms with Crippen LogP contribution in [0.2, 0.25) is 5.02 Å². The quantitative estimate of drug-likeness (QED) is 0.414. The van der Waals surface area contributed by atoms with Crippen LogP contribution in [0.15, 0.2) is 59.5 Å². The maximum absolute atomic E-state index is 11.9. The van der Waals surface area contributed by atoms with Crippen LogP contribution < -0.4 is 15.6 Å². The number of benzene rings is 2. The SMILES string of the molecule is COc1ccc2c(CNC(Cc3cc(=O)[nH]c(C)n3)c3ccc(Cl)cc3)c[nH]c2c1. The lowest BCUT2D eigenvalue weighted by atomic mass is 10.0. The number of ether oxygens (including phenoxy) is 1. The van der Waals surface area contributed by atoms with Gasteiger partial charge in [0, 0.05) is 59.0 Å². The molecule has 0 radical (unpaired) electrons. The van der Waals surface area contributed by atoms with Crippen LogP contribution in [0.25, 0.3) is 10.9 Å². The normalized spacial score (nSPS) is 12.2. The minimum Gasteiger partial charge on any atom is -0.497 e. The van der Waals surface area contributed by atoms with Gasteiger partial charge >= 0.3 is 0 Å². The molecular weight excluding hydrogens is 400 g/mol. The molecule has 0 bridgehead atoms. The number of aromatic amines is 2. The van der Waals surface area contributed by atoms with Crippen molar-refractivity contribution in [2.45, 2.75) is 25.9 Å². The zero-order valence-electron chi connectivity index (χ0n) is 16.8. The molecule has 0 aliphatic rings. The lowest BCUT2D eigenvalue weighted by Gasteiger charge is -2.19. The summed E-state index contributed by atoms with van der Waals surface area (Å²) < 4.78 is 5.30. The Morgan fingerprint density at radius 3 is 2.70 bits per heavy atom. The number of fused-ring (bicyclic) bond motifs is 1. The topological polar surface area (TPSA) is 82.8 Å². The second-order valence-electron chi connectivity index (χ2n) is 7.24. The molecule has 0 spiro atoms. The van der Waals surface area contributed by atoms with Gasteiger partial charge in [0.1, 0.15) is 11.6 Å². The second kappa shape index (κ2) is 8.73. The van der Waals surface area contributed by atoms with Crippen molar-refractivity contribution in [3.63, 3.8) is 0 Å². The third-order valence-corrected chi connectivity index (χ3v) is 5.36. The minimum atomic E-state index is -0.141. The van der Waals surface area contributed by atoms with E-state index >= 15 is 0 Å². The molecule has 30 heavy (non-hydrogen) atoms. The molecule has 0 aliphatic carbocycles. The van der Waals surface area contributed by atoms with E-state index in [2.05, 4.69) is 26.3 Å². The predicted molar refractivity (Wildman–Crippen MR) is 119 cm³/mol. The summed E-state index contributed by atoms with van der Waals surface area (Å²) in [5, 5.41) is 5.45. The van der Waals surface area contributed by atoms with E-state index in [1.54, 1.807) is 20.1 Å². The highest BCUT2D eigenvalue weighted by atomic mass is 35.5. The van der Waals surface area contributed by atoms with Crippen LogP contribution >= 0.6 is 11.6 Å². The molecule has 4 rings (SSSR count). The summed E-state index contributed by atoms with van der Waals surface area (Å²) >= 11 is 6.07. The lowest BCUT2D eigenvalue weighted by molar-refractivity contribution is 0.415. The fourth-order valence-corrected chi connectivity index (χ4v) is 3.76. The summed E-state index contributed by atoms with van der Waals surface area (Å²) in [6, 6.07) is 15.3. The molecule has 2 heterocycles.